The average molecular weight is 224 g/mol. The highest BCUT2D eigenvalue weighted by Crippen LogP contribution is 2.07. The SMILES string of the molecule is NC(=O)C1CNCCN1C(=O)c1cn[nH]n1. The summed E-state index contributed by atoms with van der Waals surface area (Å²) in [5.74, 6) is -0.858. The summed E-state index contributed by atoms with van der Waals surface area (Å²) in [5, 5.41) is 12.6. The average Bonchev–Trinajstić information content (AvgIpc) is 2.81. The number of carbonyl (C=O) groups excluding carboxylic acids is 2. The summed E-state index contributed by atoms with van der Waals surface area (Å²) in [5.41, 5.74) is 5.42. The molecule has 8 nitrogen and oxygen atoms in total. The zero-order chi connectivity index (χ0) is 11.5. The number of aromatic nitrogens is 3. The number of piperazine rings is 1. The van der Waals surface area contributed by atoms with E-state index < -0.39 is 11.9 Å². The van der Waals surface area contributed by atoms with Crippen molar-refractivity contribution < 1.29 is 9.59 Å². The number of H-pyrrole nitrogens is 1. The topological polar surface area (TPSA) is 117 Å². The van der Waals surface area contributed by atoms with Crippen molar-refractivity contribution >= 4 is 11.8 Å². The van der Waals surface area contributed by atoms with Gasteiger partial charge in [-0.05, 0) is 0 Å². The molecule has 1 saturated heterocycles. The fraction of sp³-hybridized carbons (Fsp3) is 0.500. The molecule has 1 atom stereocenters. The fourth-order valence-electron chi connectivity index (χ4n) is 1.65. The molecule has 1 aromatic rings. The van der Waals surface area contributed by atoms with Crippen molar-refractivity contribution in [1.29, 1.82) is 0 Å². The Morgan fingerprint density at radius 3 is 3.00 bits per heavy atom. The monoisotopic (exact) mass is 224 g/mol. The molecule has 1 unspecified atom stereocenters. The Morgan fingerprint density at radius 2 is 2.38 bits per heavy atom. The van der Waals surface area contributed by atoms with E-state index in [1.165, 1.54) is 11.1 Å². The maximum Gasteiger partial charge on any atom is 0.276 e. The largest absolute Gasteiger partial charge is 0.368 e. The van der Waals surface area contributed by atoms with E-state index in [1.54, 1.807) is 0 Å². The standard InChI is InChI=1S/C8H12N6O2/c9-7(15)6-4-10-1-2-14(6)8(16)5-3-11-13-12-5/h3,6,10H,1-2,4H2,(H2,9,15)(H,11,12,13). The van der Waals surface area contributed by atoms with E-state index in [-0.39, 0.29) is 11.6 Å². The third-order valence-electron chi connectivity index (χ3n) is 2.47. The maximum atomic E-state index is 11.9. The number of rotatable bonds is 2. The molecule has 0 spiro atoms. The molecule has 2 rings (SSSR count). The van der Waals surface area contributed by atoms with Gasteiger partial charge in [-0.25, -0.2) is 0 Å². The highest BCUT2D eigenvalue weighted by molar-refractivity contribution is 5.95. The minimum Gasteiger partial charge on any atom is -0.368 e. The second-order valence-electron chi connectivity index (χ2n) is 3.48. The number of nitrogens with one attached hydrogen (secondary N) is 2. The molecule has 8 heteroatoms. The number of amides is 2. The van der Waals surface area contributed by atoms with E-state index in [2.05, 4.69) is 20.7 Å². The first-order valence-corrected chi connectivity index (χ1v) is 4.87. The number of hydrogen-bond donors (Lipinski definition) is 3. The Bertz CT molecular complexity index is 389. The van der Waals surface area contributed by atoms with E-state index in [0.29, 0.717) is 19.6 Å². The molecule has 1 aliphatic rings. The normalized spacial score (nSPS) is 20.8. The van der Waals surface area contributed by atoms with Gasteiger partial charge in [0.1, 0.15) is 6.04 Å². The van der Waals surface area contributed by atoms with E-state index >= 15 is 0 Å². The summed E-state index contributed by atoms with van der Waals surface area (Å²) >= 11 is 0. The Morgan fingerprint density at radius 1 is 1.56 bits per heavy atom. The zero-order valence-electron chi connectivity index (χ0n) is 8.51. The van der Waals surface area contributed by atoms with Crippen molar-refractivity contribution in [2.75, 3.05) is 19.6 Å². The first-order valence-electron chi connectivity index (χ1n) is 4.87. The van der Waals surface area contributed by atoms with E-state index in [9.17, 15) is 9.59 Å². The number of hydrogen-bond acceptors (Lipinski definition) is 5. The Labute approximate surface area is 91.2 Å². The van der Waals surface area contributed by atoms with Gasteiger partial charge in [-0.1, -0.05) is 0 Å². The minimum absolute atomic E-state index is 0.188. The Kier molecular flexibility index (Phi) is 2.82. The molecule has 1 aliphatic heterocycles. The van der Waals surface area contributed by atoms with Gasteiger partial charge in [0.05, 0.1) is 6.20 Å². The molecule has 0 bridgehead atoms. The predicted molar refractivity (Wildman–Crippen MR) is 53.3 cm³/mol. The van der Waals surface area contributed by atoms with Gasteiger partial charge >= 0.3 is 0 Å². The van der Waals surface area contributed by atoms with Crippen LogP contribution in [0.4, 0.5) is 0 Å². The fourth-order valence-corrected chi connectivity index (χ4v) is 1.65. The lowest BCUT2D eigenvalue weighted by molar-refractivity contribution is -0.122. The molecule has 0 radical (unpaired) electrons. The van der Waals surface area contributed by atoms with Crippen molar-refractivity contribution in [3.63, 3.8) is 0 Å². The van der Waals surface area contributed by atoms with Gasteiger partial charge in [0.25, 0.3) is 5.91 Å². The number of nitrogens with zero attached hydrogens (tertiary/aromatic N) is 3. The Hall–Kier alpha value is -1.96. The smallest absolute Gasteiger partial charge is 0.276 e. The van der Waals surface area contributed by atoms with Crippen LogP contribution in [0.1, 0.15) is 10.5 Å². The molecular weight excluding hydrogens is 212 g/mol. The number of primary amides is 1. The van der Waals surface area contributed by atoms with Crippen LogP contribution >= 0.6 is 0 Å². The lowest BCUT2D eigenvalue weighted by Gasteiger charge is -2.33. The summed E-state index contributed by atoms with van der Waals surface area (Å²) in [4.78, 5) is 24.5. The number of nitrogens with two attached hydrogens (primary N) is 1. The summed E-state index contributed by atoms with van der Waals surface area (Å²) < 4.78 is 0. The molecule has 2 amide bonds. The van der Waals surface area contributed by atoms with Crippen molar-refractivity contribution in [3.05, 3.63) is 11.9 Å². The summed E-state index contributed by atoms with van der Waals surface area (Å²) in [7, 11) is 0. The molecule has 0 aliphatic carbocycles. The lowest BCUT2D eigenvalue weighted by atomic mass is 10.1. The third kappa shape index (κ3) is 1.87. The van der Waals surface area contributed by atoms with Crippen LogP contribution in [-0.2, 0) is 4.79 Å². The molecule has 1 aromatic heterocycles. The van der Waals surface area contributed by atoms with Gasteiger partial charge in [0.15, 0.2) is 5.69 Å². The molecule has 4 N–H and O–H groups in total. The highest BCUT2D eigenvalue weighted by atomic mass is 16.2. The molecule has 1 fully saturated rings. The van der Waals surface area contributed by atoms with Gasteiger partial charge in [0, 0.05) is 19.6 Å². The zero-order valence-corrected chi connectivity index (χ0v) is 8.51. The molecule has 0 aromatic carbocycles. The van der Waals surface area contributed by atoms with Gasteiger partial charge < -0.3 is 16.0 Å². The van der Waals surface area contributed by atoms with Crippen LogP contribution in [0.5, 0.6) is 0 Å². The van der Waals surface area contributed by atoms with Crippen LogP contribution in [0, 0.1) is 0 Å². The van der Waals surface area contributed by atoms with E-state index in [1.807, 2.05) is 0 Å². The second kappa shape index (κ2) is 4.27. The predicted octanol–water partition coefficient (Wildman–Crippen LogP) is -2.30. The summed E-state index contributed by atoms with van der Waals surface area (Å²) in [6.45, 7) is 1.44. The lowest BCUT2D eigenvalue weighted by Crippen LogP contribution is -2.58. The van der Waals surface area contributed by atoms with Crippen LogP contribution in [0.25, 0.3) is 0 Å². The van der Waals surface area contributed by atoms with Gasteiger partial charge in [-0.2, -0.15) is 15.4 Å². The van der Waals surface area contributed by atoms with Crippen molar-refractivity contribution in [2.24, 2.45) is 5.73 Å². The molecule has 0 saturated carbocycles. The van der Waals surface area contributed by atoms with Crippen molar-refractivity contribution in [3.8, 4) is 0 Å². The van der Waals surface area contributed by atoms with Crippen LogP contribution in [0.15, 0.2) is 6.20 Å². The Balaban J connectivity index is 2.17. The molecular formula is C8H12N6O2. The third-order valence-corrected chi connectivity index (χ3v) is 2.47. The van der Waals surface area contributed by atoms with E-state index in [4.69, 9.17) is 5.73 Å². The number of carbonyl (C=O) groups is 2. The quantitative estimate of drug-likeness (QED) is 0.522. The van der Waals surface area contributed by atoms with Gasteiger partial charge in [0.2, 0.25) is 5.91 Å². The van der Waals surface area contributed by atoms with Crippen LogP contribution in [-0.4, -0.2) is 57.8 Å². The van der Waals surface area contributed by atoms with E-state index in [0.717, 1.165) is 0 Å². The van der Waals surface area contributed by atoms with Crippen molar-refractivity contribution in [1.82, 2.24) is 25.6 Å². The van der Waals surface area contributed by atoms with Gasteiger partial charge in [-0.15, -0.1) is 0 Å². The molecule has 86 valence electrons. The van der Waals surface area contributed by atoms with Crippen LogP contribution in [0.3, 0.4) is 0 Å². The summed E-state index contributed by atoms with van der Waals surface area (Å²) in [6, 6.07) is -0.627. The molecule has 16 heavy (non-hydrogen) atoms. The summed E-state index contributed by atoms with van der Waals surface area (Å²) in [6.07, 6.45) is 1.32. The highest BCUT2D eigenvalue weighted by Gasteiger charge is 2.31. The minimum atomic E-state index is -0.627. The first kappa shape index (κ1) is 10.6. The maximum absolute atomic E-state index is 11.9. The van der Waals surface area contributed by atoms with Crippen molar-refractivity contribution in [2.45, 2.75) is 6.04 Å². The van der Waals surface area contributed by atoms with Crippen LogP contribution in [0.2, 0.25) is 0 Å². The second-order valence-corrected chi connectivity index (χ2v) is 3.48. The van der Waals surface area contributed by atoms with Crippen LogP contribution < -0.4 is 11.1 Å². The molecule has 2 heterocycles. The number of aromatic amines is 1. The first-order chi connectivity index (χ1) is 7.70. The van der Waals surface area contributed by atoms with Gasteiger partial charge in [-0.3, -0.25) is 9.59 Å².